The fourth-order valence-corrected chi connectivity index (χ4v) is 7.45. The number of nitrogens with zero attached hydrogens (tertiary/aromatic N) is 3. The number of sulfonamides is 1. The van der Waals surface area contributed by atoms with Gasteiger partial charge in [0.05, 0.1) is 29.8 Å². The highest BCUT2D eigenvalue weighted by molar-refractivity contribution is 7.93. The van der Waals surface area contributed by atoms with Gasteiger partial charge in [0.2, 0.25) is 0 Å². The second-order valence-electron chi connectivity index (χ2n) is 10.7. The molecule has 224 valence electrons. The van der Waals surface area contributed by atoms with Gasteiger partial charge in [-0.15, -0.1) is 0 Å². The number of para-hydroxylation sites is 2. The first-order valence-electron chi connectivity index (χ1n) is 14.1. The number of aryl methyl sites for hydroxylation is 1. The number of nitro groups is 1. The van der Waals surface area contributed by atoms with Gasteiger partial charge < -0.3 is 14.4 Å². The van der Waals surface area contributed by atoms with E-state index in [-0.39, 0.29) is 18.7 Å². The highest BCUT2D eigenvalue weighted by Crippen LogP contribution is 2.38. The average Bonchev–Trinajstić information content (AvgIpc) is 3.41. The maximum absolute atomic E-state index is 14.4. The lowest BCUT2D eigenvalue weighted by Gasteiger charge is -2.35. The van der Waals surface area contributed by atoms with E-state index < -0.39 is 31.5 Å². The zero-order valence-electron chi connectivity index (χ0n) is 23.6. The van der Waals surface area contributed by atoms with Gasteiger partial charge in [0, 0.05) is 41.9 Å². The maximum Gasteiger partial charge on any atom is 0.307 e. The van der Waals surface area contributed by atoms with Crippen molar-refractivity contribution in [3.8, 4) is 0 Å². The van der Waals surface area contributed by atoms with Crippen molar-refractivity contribution in [2.75, 3.05) is 15.7 Å². The smallest absolute Gasteiger partial charge is 0.307 e. The molecule has 0 aliphatic carbocycles. The summed E-state index contributed by atoms with van der Waals surface area (Å²) < 4.78 is 35.6. The number of rotatable bonds is 10. The quantitative estimate of drug-likeness (QED) is 0.143. The topological polar surface area (TPSA) is 134 Å². The number of furan rings is 1. The number of carboxylic acid groups (broad SMARTS) is 1. The molecule has 0 spiro atoms. The summed E-state index contributed by atoms with van der Waals surface area (Å²) in [5.41, 5.74) is 4.41. The summed E-state index contributed by atoms with van der Waals surface area (Å²) in [4.78, 5) is 24.4. The molecule has 2 heterocycles. The summed E-state index contributed by atoms with van der Waals surface area (Å²) in [7, 11) is -4.47. The van der Waals surface area contributed by atoms with E-state index in [0.717, 1.165) is 41.8 Å². The third-order valence-electron chi connectivity index (χ3n) is 7.82. The maximum atomic E-state index is 14.4. The van der Waals surface area contributed by atoms with Crippen molar-refractivity contribution in [3.05, 3.63) is 130 Å². The van der Waals surface area contributed by atoms with Gasteiger partial charge in [0.1, 0.15) is 5.58 Å². The van der Waals surface area contributed by atoms with E-state index in [1.165, 1.54) is 40.9 Å². The monoisotopic (exact) mass is 611 g/mol. The Balaban J connectivity index is 1.48. The van der Waals surface area contributed by atoms with E-state index in [0.29, 0.717) is 23.1 Å². The third kappa shape index (κ3) is 5.61. The Labute approximate surface area is 254 Å². The van der Waals surface area contributed by atoms with Crippen molar-refractivity contribution < 1.29 is 27.7 Å². The van der Waals surface area contributed by atoms with Crippen LogP contribution in [0.4, 0.5) is 17.1 Å². The van der Waals surface area contributed by atoms with E-state index in [1.54, 1.807) is 12.1 Å². The van der Waals surface area contributed by atoms with Crippen molar-refractivity contribution in [2.24, 2.45) is 0 Å². The molecule has 0 atom stereocenters. The molecule has 0 radical (unpaired) electrons. The minimum absolute atomic E-state index is 0.100. The predicted molar refractivity (Wildman–Crippen MR) is 166 cm³/mol. The first-order chi connectivity index (χ1) is 21.2. The lowest BCUT2D eigenvalue weighted by molar-refractivity contribution is -0.387. The highest BCUT2D eigenvalue weighted by atomic mass is 32.2. The number of hydrogen-bond acceptors (Lipinski definition) is 7. The van der Waals surface area contributed by atoms with Crippen LogP contribution >= 0.6 is 0 Å². The van der Waals surface area contributed by atoms with Crippen LogP contribution in [-0.2, 0) is 40.7 Å². The van der Waals surface area contributed by atoms with Crippen LogP contribution in [0.3, 0.4) is 0 Å². The molecule has 6 rings (SSSR count). The molecular weight excluding hydrogens is 582 g/mol. The van der Waals surface area contributed by atoms with Gasteiger partial charge in [-0.3, -0.25) is 19.2 Å². The molecule has 1 N–H and O–H groups in total. The molecule has 0 bridgehead atoms. The SMILES string of the molecule is O=C(O)Cc1coc2cc(N(Cc3cccc4c3N(Cc3ccccc3)CCC4)S(=O)(=O)c3ccccc3[N+](=O)[O-])ccc12. The highest BCUT2D eigenvalue weighted by Gasteiger charge is 2.33. The van der Waals surface area contributed by atoms with Crippen LogP contribution in [0.5, 0.6) is 0 Å². The Morgan fingerprint density at radius 2 is 1.75 bits per heavy atom. The number of anilines is 2. The minimum atomic E-state index is -4.47. The summed E-state index contributed by atoms with van der Waals surface area (Å²) in [6.07, 6.45) is 2.89. The van der Waals surface area contributed by atoms with E-state index >= 15 is 0 Å². The van der Waals surface area contributed by atoms with E-state index in [9.17, 15) is 28.4 Å². The zero-order chi connectivity index (χ0) is 30.8. The number of carboxylic acids is 1. The lowest BCUT2D eigenvalue weighted by atomic mass is 9.97. The molecule has 4 aromatic carbocycles. The Kier molecular flexibility index (Phi) is 7.79. The molecule has 0 saturated carbocycles. The average molecular weight is 612 g/mol. The normalized spacial score (nSPS) is 13.0. The number of carbonyl (C=O) groups is 1. The van der Waals surface area contributed by atoms with Crippen LogP contribution in [-0.4, -0.2) is 31.0 Å². The number of benzene rings is 4. The van der Waals surface area contributed by atoms with Gasteiger partial charge in [0.15, 0.2) is 4.90 Å². The molecule has 10 nitrogen and oxygen atoms in total. The first-order valence-corrected chi connectivity index (χ1v) is 15.5. The molecule has 11 heteroatoms. The molecule has 44 heavy (non-hydrogen) atoms. The van der Waals surface area contributed by atoms with Crippen LogP contribution in [0.25, 0.3) is 11.0 Å². The Hall–Kier alpha value is -5.16. The van der Waals surface area contributed by atoms with Crippen LogP contribution < -0.4 is 9.21 Å². The van der Waals surface area contributed by atoms with Crippen molar-refractivity contribution in [1.82, 2.24) is 0 Å². The summed E-state index contributed by atoms with van der Waals surface area (Å²) >= 11 is 0. The van der Waals surface area contributed by atoms with Crippen LogP contribution in [0.1, 0.15) is 28.7 Å². The molecule has 1 aliphatic rings. The van der Waals surface area contributed by atoms with Crippen LogP contribution in [0.15, 0.2) is 107 Å². The molecule has 0 fully saturated rings. The molecular formula is C33H29N3O7S. The Bertz CT molecular complexity index is 1970. The van der Waals surface area contributed by atoms with Gasteiger partial charge in [-0.1, -0.05) is 60.7 Å². The predicted octanol–water partition coefficient (Wildman–Crippen LogP) is 6.32. The molecule has 0 saturated heterocycles. The summed E-state index contributed by atoms with van der Waals surface area (Å²) in [6.45, 7) is 1.34. The minimum Gasteiger partial charge on any atom is -0.481 e. The summed E-state index contributed by atoms with van der Waals surface area (Å²) in [6, 6.07) is 25.9. The summed E-state index contributed by atoms with van der Waals surface area (Å²) in [5, 5.41) is 21.7. The van der Waals surface area contributed by atoms with Gasteiger partial charge >= 0.3 is 5.97 Å². The fourth-order valence-electron chi connectivity index (χ4n) is 5.86. The number of fused-ring (bicyclic) bond motifs is 2. The largest absolute Gasteiger partial charge is 0.481 e. The molecule has 0 amide bonds. The van der Waals surface area contributed by atoms with Crippen LogP contribution in [0.2, 0.25) is 0 Å². The molecule has 5 aromatic rings. The van der Waals surface area contributed by atoms with Crippen molar-refractivity contribution in [1.29, 1.82) is 0 Å². The lowest BCUT2D eigenvalue weighted by Crippen LogP contribution is -2.34. The fraction of sp³-hybridized carbons (Fsp3) is 0.182. The third-order valence-corrected chi connectivity index (χ3v) is 9.64. The van der Waals surface area contributed by atoms with Crippen molar-refractivity contribution >= 4 is 44.0 Å². The van der Waals surface area contributed by atoms with Crippen molar-refractivity contribution in [3.63, 3.8) is 0 Å². The molecule has 1 aliphatic heterocycles. The number of nitro benzene ring substituents is 1. The van der Waals surface area contributed by atoms with E-state index in [1.807, 2.05) is 30.3 Å². The Morgan fingerprint density at radius 1 is 0.977 bits per heavy atom. The zero-order valence-corrected chi connectivity index (χ0v) is 24.4. The van der Waals surface area contributed by atoms with E-state index in [2.05, 4.69) is 23.1 Å². The van der Waals surface area contributed by atoms with Gasteiger partial charge in [-0.05, 0) is 47.7 Å². The summed E-state index contributed by atoms with van der Waals surface area (Å²) in [5.74, 6) is -1.02. The van der Waals surface area contributed by atoms with Gasteiger partial charge in [0.25, 0.3) is 15.7 Å². The molecule has 1 aromatic heterocycles. The van der Waals surface area contributed by atoms with Crippen LogP contribution in [0, 0.1) is 10.1 Å². The van der Waals surface area contributed by atoms with E-state index in [4.69, 9.17) is 4.42 Å². The van der Waals surface area contributed by atoms with Crippen molar-refractivity contribution in [2.45, 2.75) is 37.2 Å². The first kappa shape index (κ1) is 28.9. The second-order valence-corrected chi connectivity index (χ2v) is 12.5. The number of aliphatic carboxylic acids is 1. The molecule has 0 unspecified atom stereocenters. The standard InChI is InChI=1S/C33H29N3O7S/c37-32(38)18-26-22-43-30-19-27(15-16-28(26)30)35(44(41,42)31-14-5-4-13-29(31)36(39)40)21-25-11-6-10-24-12-7-17-34(33(24)25)20-23-8-2-1-3-9-23/h1-6,8-11,13-16,19,22H,7,12,17-18,20-21H2,(H,37,38). The number of hydrogen-bond donors (Lipinski definition) is 1. The second kappa shape index (κ2) is 11.8. The van der Waals surface area contributed by atoms with Gasteiger partial charge in [-0.2, -0.15) is 0 Å². The Morgan fingerprint density at radius 3 is 2.52 bits per heavy atom. The van der Waals surface area contributed by atoms with Gasteiger partial charge in [-0.25, -0.2) is 8.42 Å².